The fourth-order valence-corrected chi connectivity index (χ4v) is 4.55. The summed E-state index contributed by atoms with van der Waals surface area (Å²) >= 11 is 0. The van der Waals surface area contributed by atoms with Gasteiger partial charge in [0.05, 0.1) is 6.20 Å². The summed E-state index contributed by atoms with van der Waals surface area (Å²) in [4.78, 5) is 23.2. The van der Waals surface area contributed by atoms with Crippen LogP contribution in [0.5, 0.6) is 0 Å². The Morgan fingerprint density at radius 3 is 2.45 bits per heavy atom. The van der Waals surface area contributed by atoms with Gasteiger partial charge in [0.25, 0.3) is 0 Å². The number of amides is 1. The molecule has 0 saturated heterocycles. The molecule has 0 aliphatic heterocycles. The summed E-state index contributed by atoms with van der Waals surface area (Å²) in [6, 6.07) is 18.2. The molecule has 1 aliphatic carbocycles. The Morgan fingerprint density at radius 2 is 1.74 bits per heavy atom. The average molecular weight is 412 g/mol. The molecule has 0 radical (unpaired) electrons. The van der Waals surface area contributed by atoms with Crippen LogP contribution in [0.2, 0.25) is 0 Å². The van der Waals surface area contributed by atoms with Gasteiger partial charge in [-0.3, -0.25) is 14.2 Å². The van der Waals surface area contributed by atoms with E-state index in [2.05, 4.69) is 26.4 Å². The quantitative estimate of drug-likeness (QED) is 0.503. The number of anilines is 2. The maximum atomic E-state index is 11.6. The highest BCUT2D eigenvalue weighted by atomic mass is 16.1. The third kappa shape index (κ3) is 3.65. The van der Waals surface area contributed by atoms with Gasteiger partial charge >= 0.3 is 0 Å². The van der Waals surface area contributed by atoms with Gasteiger partial charge in [-0.2, -0.15) is 0 Å². The lowest BCUT2D eigenvalue weighted by Crippen LogP contribution is -2.34. The van der Waals surface area contributed by atoms with Crippen molar-refractivity contribution >= 4 is 23.1 Å². The van der Waals surface area contributed by atoms with Crippen LogP contribution in [0.15, 0.2) is 73.2 Å². The highest BCUT2D eigenvalue weighted by Crippen LogP contribution is 2.40. The molecule has 2 N–H and O–H groups in total. The number of carbonyl (C=O) groups excluding carboxylic acids is 1. The summed E-state index contributed by atoms with van der Waals surface area (Å²) in [6.07, 6.45) is 11.5. The molecule has 2 heterocycles. The second kappa shape index (κ2) is 8.22. The zero-order chi connectivity index (χ0) is 21.2. The molecule has 0 spiro atoms. The Hall–Kier alpha value is -3.67. The average Bonchev–Trinajstić information content (AvgIpc) is 3.20. The van der Waals surface area contributed by atoms with Crippen molar-refractivity contribution in [3.8, 4) is 11.3 Å². The highest BCUT2D eigenvalue weighted by molar-refractivity contribution is 5.93. The summed E-state index contributed by atoms with van der Waals surface area (Å²) in [5.41, 5.74) is 9.83. The zero-order valence-electron chi connectivity index (χ0n) is 17.3. The smallest absolute Gasteiger partial charge is 0.248 e. The van der Waals surface area contributed by atoms with Gasteiger partial charge < -0.3 is 10.6 Å². The first-order chi connectivity index (χ1) is 15.2. The number of benzene rings is 2. The lowest BCUT2D eigenvalue weighted by atomic mass is 9.93. The van der Waals surface area contributed by atoms with E-state index in [0.29, 0.717) is 11.6 Å². The number of nitrogens with two attached hydrogens (primary N) is 1. The van der Waals surface area contributed by atoms with Gasteiger partial charge in [-0.25, -0.2) is 4.98 Å². The Labute approximate surface area is 181 Å². The van der Waals surface area contributed by atoms with E-state index < -0.39 is 5.91 Å². The molecule has 0 bridgehead atoms. The molecule has 31 heavy (non-hydrogen) atoms. The number of aromatic nitrogens is 3. The Bertz CT molecular complexity index is 1190. The molecule has 1 fully saturated rings. The van der Waals surface area contributed by atoms with Crippen LogP contribution in [-0.2, 0) is 0 Å². The Balaban J connectivity index is 1.73. The van der Waals surface area contributed by atoms with E-state index in [1.54, 1.807) is 24.5 Å². The summed E-state index contributed by atoms with van der Waals surface area (Å²) in [5.74, 6) is 0.615. The third-order valence-electron chi connectivity index (χ3n) is 6.05. The summed E-state index contributed by atoms with van der Waals surface area (Å²) in [6.45, 7) is 0. The van der Waals surface area contributed by atoms with Gasteiger partial charge in [0.2, 0.25) is 5.91 Å². The second-order valence-corrected chi connectivity index (χ2v) is 8.03. The standard InChI is InChI=1S/C25H25N5O/c26-24(31)19-11-13-21(14-12-19)30(20-9-5-2-6-10-20)25-23(18-7-3-1-4-8-18)28-22-17-27-15-16-29(22)25/h1,3-4,7-8,11-17,20H,2,5-6,9-10H2,(H2,26,31). The monoisotopic (exact) mass is 411 g/mol. The minimum absolute atomic E-state index is 0.351. The number of nitrogens with zero attached hydrogens (tertiary/aromatic N) is 4. The maximum Gasteiger partial charge on any atom is 0.248 e. The van der Waals surface area contributed by atoms with Gasteiger partial charge in [-0.1, -0.05) is 49.6 Å². The van der Waals surface area contributed by atoms with E-state index in [4.69, 9.17) is 10.7 Å². The number of hydrogen-bond donors (Lipinski definition) is 1. The first-order valence-electron chi connectivity index (χ1n) is 10.8. The van der Waals surface area contributed by atoms with Crippen molar-refractivity contribution in [2.45, 2.75) is 38.1 Å². The van der Waals surface area contributed by atoms with Crippen LogP contribution in [0.1, 0.15) is 42.5 Å². The van der Waals surface area contributed by atoms with Crippen molar-refractivity contribution in [1.82, 2.24) is 14.4 Å². The summed E-state index contributed by atoms with van der Waals surface area (Å²) in [5, 5.41) is 0. The zero-order valence-corrected chi connectivity index (χ0v) is 17.3. The molecule has 6 heteroatoms. The molecule has 156 valence electrons. The fourth-order valence-electron chi connectivity index (χ4n) is 4.55. The van der Waals surface area contributed by atoms with Crippen molar-refractivity contribution in [2.24, 2.45) is 5.73 Å². The van der Waals surface area contributed by atoms with Crippen LogP contribution in [0.3, 0.4) is 0 Å². The SMILES string of the molecule is NC(=O)c1ccc(N(c2c(-c3ccccc3)nc3cnccn23)C2CCCCC2)cc1. The molecule has 4 aromatic rings. The molecule has 5 rings (SSSR count). The first kappa shape index (κ1) is 19.3. The van der Waals surface area contributed by atoms with Crippen LogP contribution in [0.4, 0.5) is 11.5 Å². The molecule has 1 aliphatic rings. The van der Waals surface area contributed by atoms with Crippen LogP contribution >= 0.6 is 0 Å². The molecule has 0 atom stereocenters. The predicted octanol–water partition coefficient (Wildman–Crippen LogP) is 4.97. The van der Waals surface area contributed by atoms with Crippen LogP contribution in [0, 0.1) is 0 Å². The van der Waals surface area contributed by atoms with Crippen molar-refractivity contribution in [3.05, 3.63) is 78.8 Å². The van der Waals surface area contributed by atoms with Crippen molar-refractivity contribution in [3.63, 3.8) is 0 Å². The van der Waals surface area contributed by atoms with E-state index in [1.165, 1.54) is 19.3 Å². The first-order valence-corrected chi connectivity index (χ1v) is 10.8. The number of primary amides is 1. The maximum absolute atomic E-state index is 11.6. The predicted molar refractivity (Wildman–Crippen MR) is 122 cm³/mol. The Morgan fingerprint density at radius 1 is 1.00 bits per heavy atom. The third-order valence-corrected chi connectivity index (χ3v) is 6.05. The fraction of sp³-hybridized carbons (Fsp3) is 0.240. The summed E-state index contributed by atoms with van der Waals surface area (Å²) < 4.78 is 2.12. The summed E-state index contributed by atoms with van der Waals surface area (Å²) in [7, 11) is 0. The van der Waals surface area contributed by atoms with Gasteiger partial charge in [-0.05, 0) is 37.1 Å². The Kier molecular flexibility index (Phi) is 5.12. The second-order valence-electron chi connectivity index (χ2n) is 8.03. The van der Waals surface area contributed by atoms with E-state index in [-0.39, 0.29) is 0 Å². The largest absolute Gasteiger partial charge is 0.366 e. The lowest BCUT2D eigenvalue weighted by molar-refractivity contribution is 0.100. The number of imidazole rings is 1. The van der Waals surface area contributed by atoms with Crippen molar-refractivity contribution in [1.29, 1.82) is 0 Å². The van der Waals surface area contributed by atoms with E-state index in [0.717, 1.165) is 41.3 Å². The van der Waals surface area contributed by atoms with E-state index in [9.17, 15) is 4.79 Å². The minimum Gasteiger partial charge on any atom is -0.366 e. The number of rotatable bonds is 5. The van der Waals surface area contributed by atoms with Crippen LogP contribution in [-0.4, -0.2) is 26.3 Å². The van der Waals surface area contributed by atoms with Gasteiger partial charge in [0.15, 0.2) is 5.65 Å². The van der Waals surface area contributed by atoms with E-state index >= 15 is 0 Å². The molecule has 2 aromatic heterocycles. The molecule has 1 saturated carbocycles. The lowest BCUT2D eigenvalue weighted by Gasteiger charge is -2.36. The van der Waals surface area contributed by atoms with Gasteiger partial charge in [0.1, 0.15) is 11.5 Å². The molecular weight excluding hydrogens is 386 g/mol. The number of fused-ring (bicyclic) bond motifs is 1. The van der Waals surface area contributed by atoms with Gasteiger partial charge in [-0.15, -0.1) is 0 Å². The number of hydrogen-bond acceptors (Lipinski definition) is 4. The molecule has 1 amide bonds. The van der Waals surface area contributed by atoms with Crippen molar-refractivity contribution < 1.29 is 4.79 Å². The molecular formula is C25H25N5O. The molecule has 2 aromatic carbocycles. The van der Waals surface area contributed by atoms with Crippen LogP contribution < -0.4 is 10.6 Å². The van der Waals surface area contributed by atoms with Crippen molar-refractivity contribution in [2.75, 3.05) is 4.90 Å². The normalized spacial score (nSPS) is 14.6. The van der Waals surface area contributed by atoms with Gasteiger partial charge in [0, 0.05) is 35.2 Å². The minimum atomic E-state index is -0.415. The molecule has 6 nitrogen and oxygen atoms in total. The topological polar surface area (TPSA) is 76.5 Å². The highest BCUT2D eigenvalue weighted by Gasteiger charge is 2.29. The van der Waals surface area contributed by atoms with Crippen LogP contribution in [0.25, 0.3) is 16.9 Å². The number of carbonyl (C=O) groups is 1. The molecule has 0 unspecified atom stereocenters. The van der Waals surface area contributed by atoms with E-state index in [1.807, 2.05) is 36.5 Å².